The Morgan fingerprint density at radius 2 is 2.11 bits per heavy atom. The SMILES string of the molecule is COc1ccccc1NNC(=O)CCN1C(=O)/C(=C/c2cccs2)SC1=S. The average Bonchev–Trinajstić information content (AvgIpc) is 3.27. The largest absolute Gasteiger partial charge is 0.495 e. The molecule has 27 heavy (non-hydrogen) atoms. The summed E-state index contributed by atoms with van der Waals surface area (Å²) in [5.74, 6) is 0.203. The van der Waals surface area contributed by atoms with E-state index in [2.05, 4.69) is 10.9 Å². The first kappa shape index (κ1) is 19.4. The van der Waals surface area contributed by atoms with Crippen LogP contribution < -0.4 is 15.6 Å². The predicted molar refractivity (Wildman–Crippen MR) is 114 cm³/mol. The molecular formula is C18H17N3O3S3. The second-order valence-corrected chi connectivity index (χ2v) is 8.13. The Labute approximate surface area is 170 Å². The zero-order valence-corrected chi connectivity index (χ0v) is 16.9. The highest BCUT2D eigenvalue weighted by Gasteiger charge is 2.32. The number of benzene rings is 1. The van der Waals surface area contributed by atoms with Crippen LogP contribution >= 0.6 is 35.3 Å². The molecule has 9 heteroatoms. The molecule has 0 spiro atoms. The van der Waals surface area contributed by atoms with Gasteiger partial charge in [0.1, 0.15) is 10.1 Å². The molecule has 1 aliphatic heterocycles. The molecule has 1 aromatic carbocycles. The smallest absolute Gasteiger partial charge is 0.266 e. The number of hydrogen-bond donors (Lipinski definition) is 2. The number of ether oxygens (including phenoxy) is 1. The number of hydrogen-bond acceptors (Lipinski definition) is 7. The van der Waals surface area contributed by atoms with Crippen LogP contribution in [0.1, 0.15) is 11.3 Å². The first-order valence-corrected chi connectivity index (χ1v) is 10.2. The zero-order valence-electron chi connectivity index (χ0n) is 14.4. The molecule has 3 rings (SSSR count). The molecule has 0 aliphatic carbocycles. The molecule has 6 nitrogen and oxygen atoms in total. The van der Waals surface area contributed by atoms with Crippen molar-refractivity contribution in [2.75, 3.05) is 19.1 Å². The van der Waals surface area contributed by atoms with Crippen LogP contribution in [0.3, 0.4) is 0 Å². The van der Waals surface area contributed by atoms with Crippen LogP contribution in [0.15, 0.2) is 46.7 Å². The maximum absolute atomic E-state index is 12.5. The van der Waals surface area contributed by atoms with Crippen LogP contribution in [0, 0.1) is 0 Å². The van der Waals surface area contributed by atoms with E-state index >= 15 is 0 Å². The molecule has 0 saturated carbocycles. The van der Waals surface area contributed by atoms with Crippen LogP contribution in [0.5, 0.6) is 5.75 Å². The van der Waals surface area contributed by atoms with E-state index in [1.54, 1.807) is 30.6 Å². The normalized spacial score (nSPS) is 15.3. The van der Waals surface area contributed by atoms with Gasteiger partial charge in [-0.2, -0.15) is 0 Å². The summed E-state index contributed by atoms with van der Waals surface area (Å²) in [5.41, 5.74) is 6.08. The summed E-state index contributed by atoms with van der Waals surface area (Å²) in [5, 5.41) is 1.95. The van der Waals surface area contributed by atoms with Gasteiger partial charge in [-0.3, -0.25) is 25.3 Å². The minimum atomic E-state index is -0.253. The van der Waals surface area contributed by atoms with Crippen LogP contribution in [-0.4, -0.2) is 34.7 Å². The van der Waals surface area contributed by atoms with E-state index in [0.29, 0.717) is 20.7 Å². The van der Waals surface area contributed by atoms with Crippen LogP contribution in [0.4, 0.5) is 5.69 Å². The number of amides is 2. The molecule has 1 fully saturated rings. The Balaban J connectivity index is 1.52. The number of nitrogens with one attached hydrogen (secondary N) is 2. The maximum Gasteiger partial charge on any atom is 0.266 e. The van der Waals surface area contributed by atoms with Crippen molar-refractivity contribution < 1.29 is 14.3 Å². The molecule has 0 bridgehead atoms. The summed E-state index contributed by atoms with van der Waals surface area (Å²) in [6, 6.07) is 11.1. The molecule has 2 heterocycles. The van der Waals surface area contributed by atoms with E-state index in [4.69, 9.17) is 17.0 Å². The number of thioether (sulfide) groups is 1. The number of anilines is 1. The van der Waals surface area contributed by atoms with Gasteiger partial charge in [0.2, 0.25) is 5.91 Å². The zero-order chi connectivity index (χ0) is 19.2. The quantitative estimate of drug-likeness (QED) is 0.407. The molecule has 0 unspecified atom stereocenters. The second-order valence-electron chi connectivity index (χ2n) is 5.47. The van der Waals surface area contributed by atoms with E-state index in [9.17, 15) is 9.59 Å². The lowest BCUT2D eigenvalue weighted by atomic mass is 10.3. The van der Waals surface area contributed by atoms with Crippen molar-refractivity contribution in [1.82, 2.24) is 10.3 Å². The van der Waals surface area contributed by atoms with Gasteiger partial charge in [0.15, 0.2) is 0 Å². The molecule has 2 aromatic rings. The number of methoxy groups -OCH3 is 1. The standard InChI is InChI=1S/C18H17N3O3S3/c1-24-14-7-3-2-6-13(14)19-20-16(22)8-9-21-17(23)15(27-18(21)25)11-12-5-4-10-26-12/h2-7,10-11,19H,8-9H2,1H3,(H,20,22)/b15-11-. The lowest BCUT2D eigenvalue weighted by Crippen LogP contribution is -2.35. The second kappa shape index (κ2) is 9.03. The number of rotatable bonds is 7. The van der Waals surface area contributed by atoms with Crippen LogP contribution in [-0.2, 0) is 9.59 Å². The van der Waals surface area contributed by atoms with Crippen molar-refractivity contribution in [2.24, 2.45) is 0 Å². The number of para-hydroxylation sites is 2. The molecule has 2 amide bonds. The third kappa shape index (κ3) is 4.88. The molecule has 140 valence electrons. The number of carbonyl (C=O) groups is 2. The van der Waals surface area contributed by atoms with E-state index in [1.807, 2.05) is 35.7 Å². The van der Waals surface area contributed by atoms with E-state index in [0.717, 1.165) is 4.88 Å². The molecule has 0 atom stereocenters. The van der Waals surface area contributed by atoms with Crippen LogP contribution in [0.25, 0.3) is 6.08 Å². The van der Waals surface area contributed by atoms with Gasteiger partial charge in [0.25, 0.3) is 5.91 Å². The molecule has 0 radical (unpaired) electrons. The van der Waals surface area contributed by atoms with Gasteiger partial charge in [0, 0.05) is 17.8 Å². The van der Waals surface area contributed by atoms with Crippen molar-refractivity contribution in [1.29, 1.82) is 0 Å². The lowest BCUT2D eigenvalue weighted by molar-refractivity contribution is -0.123. The van der Waals surface area contributed by atoms with Gasteiger partial charge in [-0.25, -0.2) is 0 Å². The third-order valence-corrected chi connectivity index (χ3v) is 5.89. The number of thiophene rings is 1. The van der Waals surface area contributed by atoms with Gasteiger partial charge in [-0.05, 0) is 29.7 Å². The Kier molecular flexibility index (Phi) is 6.49. The minimum Gasteiger partial charge on any atom is -0.495 e. The Bertz CT molecular complexity index is 881. The molecule has 2 N–H and O–H groups in total. The molecular weight excluding hydrogens is 402 g/mol. The maximum atomic E-state index is 12.5. The van der Waals surface area contributed by atoms with Crippen molar-refractivity contribution in [3.63, 3.8) is 0 Å². The monoisotopic (exact) mass is 419 g/mol. The number of thiocarbonyl (C=S) groups is 1. The van der Waals surface area contributed by atoms with Gasteiger partial charge < -0.3 is 4.74 Å². The van der Waals surface area contributed by atoms with Gasteiger partial charge in [-0.15, -0.1) is 11.3 Å². The highest BCUT2D eigenvalue weighted by atomic mass is 32.2. The Morgan fingerprint density at radius 1 is 1.30 bits per heavy atom. The number of carbonyl (C=O) groups excluding carboxylic acids is 2. The summed E-state index contributed by atoms with van der Waals surface area (Å²) in [7, 11) is 1.56. The molecule has 1 aliphatic rings. The summed E-state index contributed by atoms with van der Waals surface area (Å²) in [4.78, 5) is 27.6. The fourth-order valence-electron chi connectivity index (χ4n) is 2.36. The van der Waals surface area contributed by atoms with Gasteiger partial charge in [0.05, 0.1) is 17.7 Å². The molecule has 1 aromatic heterocycles. The van der Waals surface area contributed by atoms with E-state index in [-0.39, 0.29) is 24.8 Å². The van der Waals surface area contributed by atoms with Gasteiger partial charge in [-0.1, -0.05) is 42.2 Å². The summed E-state index contributed by atoms with van der Waals surface area (Å²) < 4.78 is 5.68. The number of nitrogens with zero attached hydrogens (tertiary/aromatic N) is 1. The fraction of sp³-hybridized carbons (Fsp3) is 0.167. The van der Waals surface area contributed by atoms with Crippen molar-refractivity contribution in [3.05, 3.63) is 51.6 Å². The fourth-order valence-corrected chi connectivity index (χ4v) is 4.39. The highest BCUT2D eigenvalue weighted by molar-refractivity contribution is 8.26. The van der Waals surface area contributed by atoms with Crippen molar-refractivity contribution >= 4 is 63.2 Å². The van der Waals surface area contributed by atoms with Crippen LogP contribution in [0.2, 0.25) is 0 Å². The number of hydrazine groups is 1. The van der Waals surface area contributed by atoms with E-state index in [1.165, 1.54) is 16.7 Å². The third-order valence-electron chi connectivity index (χ3n) is 3.70. The highest BCUT2D eigenvalue weighted by Crippen LogP contribution is 2.33. The predicted octanol–water partition coefficient (Wildman–Crippen LogP) is 3.49. The van der Waals surface area contributed by atoms with Crippen molar-refractivity contribution in [2.45, 2.75) is 6.42 Å². The summed E-state index contributed by atoms with van der Waals surface area (Å²) in [6.45, 7) is 0.228. The Morgan fingerprint density at radius 3 is 2.85 bits per heavy atom. The summed E-state index contributed by atoms with van der Waals surface area (Å²) in [6.07, 6.45) is 1.95. The topological polar surface area (TPSA) is 70.7 Å². The first-order valence-electron chi connectivity index (χ1n) is 8.05. The average molecular weight is 420 g/mol. The summed E-state index contributed by atoms with van der Waals surface area (Å²) >= 11 is 8.10. The van der Waals surface area contributed by atoms with E-state index < -0.39 is 0 Å². The first-order chi connectivity index (χ1) is 13.1. The Hall–Kier alpha value is -2.36. The van der Waals surface area contributed by atoms with Gasteiger partial charge >= 0.3 is 0 Å². The minimum absolute atomic E-state index is 0.126. The molecule has 1 saturated heterocycles. The van der Waals surface area contributed by atoms with Crippen molar-refractivity contribution in [3.8, 4) is 5.75 Å². The lowest BCUT2D eigenvalue weighted by Gasteiger charge is -2.15.